The molecule has 4 heteroatoms. The number of likely N-dealkylation sites (N-methyl/N-ethyl adjacent to an activating group) is 1. The molecular weight excluding hydrogens is 180 g/mol. The maximum Gasteiger partial charge on any atom is 0.236 e. The Labute approximate surface area is 85.6 Å². The minimum Gasteiger partial charge on any atom is -0.380 e. The van der Waals surface area contributed by atoms with Crippen LogP contribution in [0.4, 0.5) is 0 Å². The molecule has 1 aliphatic carbocycles. The summed E-state index contributed by atoms with van der Waals surface area (Å²) in [4.78, 5) is 13.2. The van der Waals surface area contributed by atoms with Crippen molar-refractivity contribution in [3.05, 3.63) is 0 Å². The first-order valence-corrected chi connectivity index (χ1v) is 5.29. The van der Waals surface area contributed by atoms with Gasteiger partial charge in [-0.2, -0.15) is 0 Å². The van der Waals surface area contributed by atoms with Crippen LogP contribution in [0.15, 0.2) is 0 Å². The molecule has 14 heavy (non-hydrogen) atoms. The van der Waals surface area contributed by atoms with E-state index in [0.29, 0.717) is 32.3 Å². The van der Waals surface area contributed by atoms with Crippen LogP contribution in [0.1, 0.15) is 19.8 Å². The van der Waals surface area contributed by atoms with Gasteiger partial charge in [-0.05, 0) is 19.8 Å². The van der Waals surface area contributed by atoms with E-state index in [1.54, 1.807) is 4.90 Å². The zero-order valence-corrected chi connectivity index (χ0v) is 9.08. The number of amides is 1. The second-order valence-electron chi connectivity index (χ2n) is 3.67. The van der Waals surface area contributed by atoms with Crippen LogP contribution in [-0.2, 0) is 9.53 Å². The Hall–Kier alpha value is -0.610. The number of nitrogens with zero attached hydrogens (tertiary/aromatic N) is 1. The van der Waals surface area contributed by atoms with Gasteiger partial charge in [0.05, 0.1) is 13.2 Å². The molecule has 4 nitrogen and oxygen atoms in total. The summed E-state index contributed by atoms with van der Waals surface area (Å²) < 4.78 is 5.18. The Bertz CT molecular complexity index is 181. The standard InChI is InChI=1S/C10H20N2O2/c1-3-14-7-6-12(2)10(13)8-11-9-4-5-9/h9,11H,3-8H2,1-2H3. The highest BCUT2D eigenvalue weighted by Crippen LogP contribution is 2.17. The van der Waals surface area contributed by atoms with Crippen molar-refractivity contribution in [3.63, 3.8) is 0 Å². The molecule has 1 aliphatic rings. The number of carbonyl (C=O) groups is 1. The summed E-state index contributed by atoms with van der Waals surface area (Å²) in [6.07, 6.45) is 2.44. The second-order valence-corrected chi connectivity index (χ2v) is 3.67. The van der Waals surface area contributed by atoms with Crippen molar-refractivity contribution < 1.29 is 9.53 Å². The highest BCUT2D eigenvalue weighted by atomic mass is 16.5. The van der Waals surface area contributed by atoms with E-state index in [1.165, 1.54) is 12.8 Å². The molecule has 0 aromatic heterocycles. The summed E-state index contributed by atoms with van der Waals surface area (Å²) >= 11 is 0. The lowest BCUT2D eigenvalue weighted by molar-refractivity contribution is -0.129. The van der Waals surface area contributed by atoms with Gasteiger partial charge in [0.15, 0.2) is 0 Å². The van der Waals surface area contributed by atoms with E-state index in [9.17, 15) is 4.79 Å². The van der Waals surface area contributed by atoms with Gasteiger partial charge in [0.25, 0.3) is 0 Å². The summed E-state index contributed by atoms with van der Waals surface area (Å²) in [5, 5.41) is 3.20. The predicted molar refractivity (Wildman–Crippen MR) is 55.2 cm³/mol. The fourth-order valence-corrected chi connectivity index (χ4v) is 1.12. The number of hydrogen-bond donors (Lipinski definition) is 1. The fourth-order valence-electron chi connectivity index (χ4n) is 1.12. The average molecular weight is 200 g/mol. The monoisotopic (exact) mass is 200 g/mol. The number of carbonyl (C=O) groups excluding carboxylic acids is 1. The molecule has 1 amide bonds. The van der Waals surface area contributed by atoms with E-state index in [0.717, 1.165) is 0 Å². The van der Waals surface area contributed by atoms with Gasteiger partial charge in [0, 0.05) is 26.2 Å². The topological polar surface area (TPSA) is 41.6 Å². The number of rotatable bonds is 7. The van der Waals surface area contributed by atoms with Crippen LogP contribution in [0.5, 0.6) is 0 Å². The normalized spacial score (nSPS) is 15.6. The van der Waals surface area contributed by atoms with Crippen molar-refractivity contribution in [1.29, 1.82) is 0 Å². The molecule has 1 saturated carbocycles. The molecule has 0 aromatic rings. The zero-order chi connectivity index (χ0) is 10.4. The highest BCUT2D eigenvalue weighted by Gasteiger charge is 2.21. The van der Waals surface area contributed by atoms with E-state index in [-0.39, 0.29) is 5.91 Å². The van der Waals surface area contributed by atoms with Crippen LogP contribution in [0.2, 0.25) is 0 Å². The smallest absolute Gasteiger partial charge is 0.236 e. The van der Waals surface area contributed by atoms with Crippen LogP contribution >= 0.6 is 0 Å². The third kappa shape index (κ3) is 4.58. The highest BCUT2D eigenvalue weighted by molar-refractivity contribution is 5.78. The van der Waals surface area contributed by atoms with Gasteiger partial charge < -0.3 is 15.0 Å². The first kappa shape index (κ1) is 11.5. The molecule has 0 unspecified atom stereocenters. The lowest BCUT2D eigenvalue weighted by Gasteiger charge is -2.17. The molecule has 0 radical (unpaired) electrons. The Morgan fingerprint density at radius 2 is 2.29 bits per heavy atom. The van der Waals surface area contributed by atoms with Crippen molar-refractivity contribution >= 4 is 5.91 Å². The lowest BCUT2D eigenvalue weighted by Crippen LogP contribution is -2.38. The molecule has 1 fully saturated rings. The number of hydrogen-bond acceptors (Lipinski definition) is 3. The summed E-state index contributed by atoms with van der Waals surface area (Å²) in [5.74, 6) is 0.150. The van der Waals surface area contributed by atoms with Crippen molar-refractivity contribution in [2.24, 2.45) is 0 Å². The van der Waals surface area contributed by atoms with Crippen molar-refractivity contribution in [1.82, 2.24) is 10.2 Å². The average Bonchev–Trinajstić information content (AvgIpc) is 2.98. The minimum absolute atomic E-state index is 0.150. The molecule has 0 spiro atoms. The summed E-state index contributed by atoms with van der Waals surface area (Å²) in [5.41, 5.74) is 0. The van der Waals surface area contributed by atoms with E-state index >= 15 is 0 Å². The largest absolute Gasteiger partial charge is 0.380 e. The molecular formula is C10H20N2O2. The first-order chi connectivity index (χ1) is 6.74. The molecule has 0 aromatic carbocycles. The maximum absolute atomic E-state index is 11.5. The van der Waals surface area contributed by atoms with Gasteiger partial charge in [-0.3, -0.25) is 4.79 Å². The fraction of sp³-hybridized carbons (Fsp3) is 0.900. The molecule has 0 heterocycles. The Morgan fingerprint density at radius 3 is 2.86 bits per heavy atom. The Balaban J connectivity index is 2.02. The predicted octanol–water partition coefficient (Wildman–Crippen LogP) is 0.233. The quantitative estimate of drug-likeness (QED) is 0.598. The Kier molecular flexibility index (Phi) is 4.90. The van der Waals surface area contributed by atoms with Gasteiger partial charge in [-0.15, -0.1) is 0 Å². The summed E-state index contributed by atoms with van der Waals surface area (Å²) in [6.45, 7) is 4.44. The maximum atomic E-state index is 11.5. The first-order valence-electron chi connectivity index (χ1n) is 5.29. The van der Waals surface area contributed by atoms with Gasteiger partial charge >= 0.3 is 0 Å². The lowest BCUT2D eigenvalue weighted by atomic mass is 10.4. The van der Waals surface area contributed by atoms with E-state index in [1.807, 2.05) is 14.0 Å². The minimum atomic E-state index is 0.150. The number of ether oxygens (including phenoxy) is 1. The Morgan fingerprint density at radius 1 is 1.57 bits per heavy atom. The van der Waals surface area contributed by atoms with Crippen LogP contribution < -0.4 is 5.32 Å². The molecule has 0 aliphatic heterocycles. The van der Waals surface area contributed by atoms with Crippen LogP contribution in [0.3, 0.4) is 0 Å². The third-order valence-corrected chi connectivity index (χ3v) is 2.32. The van der Waals surface area contributed by atoms with Gasteiger partial charge in [-0.1, -0.05) is 0 Å². The number of nitrogens with one attached hydrogen (secondary N) is 1. The van der Waals surface area contributed by atoms with E-state index < -0.39 is 0 Å². The molecule has 0 atom stereocenters. The zero-order valence-electron chi connectivity index (χ0n) is 9.08. The van der Waals surface area contributed by atoms with E-state index in [2.05, 4.69) is 5.32 Å². The summed E-state index contributed by atoms with van der Waals surface area (Å²) in [7, 11) is 1.82. The van der Waals surface area contributed by atoms with Gasteiger partial charge in [0.1, 0.15) is 0 Å². The van der Waals surface area contributed by atoms with E-state index in [4.69, 9.17) is 4.74 Å². The molecule has 82 valence electrons. The molecule has 0 saturated heterocycles. The van der Waals surface area contributed by atoms with Crippen molar-refractivity contribution in [2.45, 2.75) is 25.8 Å². The third-order valence-electron chi connectivity index (χ3n) is 2.32. The molecule has 1 rings (SSSR count). The summed E-state index contributed by atoms with van der Waals surface area (Å²) in [6, 6.07) is 0.597. The van der Waals surface area contributed by atoms with Crippen LogP contribution in [0, 0.1) is 0 Å². The van der Waals surface area contributed by atoms with Gasteiger partial charge in [-0.25, -0.2) is 0 Å². The SMILES string of the molecule is CCOCCN(C)C(=O)CNC1CC1. The van der Waals surface area contributed by atoms with Crippen LogP contribution in [0.25, 0.3) is 0 Å². The molecule has 0 bridgehead atoms. The van der Waals surface area contributed by atoms with Crippen molar-refractivity contribution in [3.8, 4) is 0 Å². The van der Waals surface area contributed by atoms with Crippen molar-refractivity contribution in [2.75, 3.05) is 33.4 Å². The molecule has 1 N–H and O–H groups in total. The van der Waals surface area contributed by atoms with Gasteiger partial charge in [0.2, 0.25) is 5.91 Å². The van der Waals surface area contributed by atoms with Crippen LogP contribution in [-0.4, -0.2) is 50.2 Å². The second kappa shape index (κ2) is 5.98.